The maximum Gasteiger partial charge on any atom is 0.249 e. The first-order valence-corrected chi connectivity index (χ1v) is 6.60. The largest absolute Gasteiger partial charge is 0.420 e. The second-order valence-electron chi connectivity index (χ2n) is 3.26. The summed E-state index contributed by atoms with van der Waals surface area (Å²) < 4.78 is 5.49. The quantitative estimate of drug-likeness (QED) is 0.847. The van der Waals surface area contributed by atoms with E-state index in [4.69, 9.17) is 21.1 Å². The normalized spacial score (nSPS) is 10.7. The lowest BCUT2D eigenvalue weighted by atomic mass is 10.2. The number of benzene rings is 1. The molecule has 1 heterocycles. The lowest BCUT2D eigenvalue weighted by molar-refractivity contribution is 0.322. The predicted octanol–water partition coefficient (Wildman–Crippen LogP) is 2.62. The highest BCUT2D eigenvalue weighted by molar-refractivity contribution is 7.98. The van der Waals surface area contributed by atoms with Crippen molar-refractivity contribution in [3.05, 3.63) is 35.2 Å². The molecule has 6 heteroatoms. The van der Waals surface area contributed by atoms with Crippen LogP contribution >= 0.6 is 23.4 Å². The van der Waals surface area contributed by atoms with Crippen LogP contribution in [0.25, 0.3) is 11.5 Å². The molecule has 0 aliphatic rings. The van der Waals surface area contributed by atoms with Gasteiger partial charge in [0.15, 0.2) is 0 Å². The average Bonchev–Trinajstić information content (AvgIpc) is 2.79. The van der Waals surface area contributed by atoms with Gasteiger partial charge in [-0.05, 0) is 12.1 Å². The summed E-state index contributed by atoms with van der Waals surface area (Å²) >= 11 is 7.57. The molecule has 0 unspecified atom stereocenters. The van der Waals surface area contributed by atoms with E-state index in [-0.39, 0.29) is 6.61 Å². The van der Waals surface area contributed by atoms with Crippen LogP contribution in [0, 0.1) is 0 Å². The van der Waals surface area contributed by atoms with Gasteiger partial charge in [-0.25, -0.2) is 0 Å². The molecule has 2 rings (SSSR count). The van der Waals surface area contributed by atoms with Gasteiger partial charge in [-0.2, -0.15) is 0 Å². The Morgan fingerprint density at radius 3 is 2.88 bits per heavy atom. The van der Waals surface area contributed by atoms with Gasteiger partial charge in [0, 0.05) is 5.75 Å². The summed E-state index contributed by atoms with van der Waals surface area (Å²) in [6, 6.07) is 7.33. The highest BCUT2D eigenvalue weighted by Gasteiger charge is 2.10. The fraction of sp³-hybridized carbons (Fsp3) is 0.273. The minimum atomic E-state index is 0.149. The maximum absolute atomic E-state index is 8.66. The van der Waals surface area contributed by atoms with E-state index in [0.717, 1.165) is 5.56 Å². The van der Waals surface area contributed by atoms with Gasteiger partial charge in [-0.1, -0.05) is 23.7 Å². The highest BCUT2D eigenvalue weighted by atomic mass is 35.5. The number of aliphatic hydroxyl groups excluding tert-OH is 1. The molecule has 0 saturated carbocycles. The van der Waals surface area contributed by atoms with E-state index in [1.54, 1.807) is 6.07 Å². The Morgan fingerprint density at radius 2 is 2.12 bits per heavy atom. The molecule has 90 valence electrons. The van der Waals surface area contributed by atoms with Crippen LogP contribution in [-0.2, 0) is 5.75 Å². The van der Waals surface area contributed by atoms with Crippen molar-refractivity contribution in [1.82, 2.24) is 10.2 Å². The first kappa shape index (κ1) is 12.4. The van der Waals surface area contributed by atoms with E-state index >= 15 is 0 Å². The summed E-state index contributed by atoms with van der Waals surface area (Å²) in [5.74, 6) is 2.22. The summed E-state index contributed by atoms with van der Waals surface area (Å²) in [4.78, 5) is 0. The van der Waals surface area contributed by atoms with Gasteiger partial charge in [0.25, 0.3) is 0 Å². The van der Waals surface area contributed by atoms with Gasteiger partial charge in [-0.15, -0.1) is 22.0 Å². The molecule has 0 fully saturated rings. The summed E-state index contributed by atoms with van der Waals surface area (Å²) in [6.07, 6.45) is 0. The molecule has 1 aromatic carbocycles. The van der Waals surface area contributed by atoms with Crippen molar-refractivity contribution in [1.29, 1.82) is 0 Å². The lowest BCUT2D eigenvalue weighted by Gasteiger charge is -1.97. The molecular formula is C11H11ClN2O2S. The number of hydrogen-bond donors (Lipinski definition) is 1. The molecule has 17 heavy (non-hydrogen) atoms. The van der Waals surface area contributed by atoms with Crippen LogP contribution in [0.4, 0.5) is 0 Å². The highest BCUT2D eigenvalue weighted by Crippen LogP contribution is 2.26. The molecule has 0 radical (unpaired) electrons. The van der Waals surface area contributed by atoms with E-state index in [2.05, 4.69) is 10.2 Å². The Kier molecular flexibility index (Phi) is 4.42. The van der Waals surface area contributed by atoms with Crippen molar-refractivity contribution in [2.75, 3.05) is 12.4 Å². The molecule has 0 bridgehead atoms. The van der Waals surface area contributed by atoms with E-state index in [1.165, 1.54) is 11.8 Å². The van der Waals surface area contributed by atoms with Crippen LogP contribution in [0.1, 0.15) is 5.89 Å². The number of rotatable bonds is 5. The van der Waals surface area contributed by atoms with Gasteiger partial charge in [0.2, 0.25) is 11.8 Å². The van der Waals surface area contributed by atoms with Crippen LogP contribution in [0.2, 0.25) is 5.02 Å². The second-order valence-corrected chi connectivity index (χ2v) is 4.77. The molecule has 4 nitrogen and oxygen atoms in total. The fourth-order valence-electron chi connectivity index (χ4n) is 1.28. The minimum absolute atomic E-state index is 0.149. The Morgan fingerprint density at radius 1 is 1.29 bits per heavy atom. The molecule has 0 atom stereocenters. The third kappa shape index (κ3) is 3.21. The molecule has 1 N–H and O–H groups in total. The van der Waals surface area contributed by atoms with Gasteiger partial charge >= 0.3 is 0 Å². The Balaban J connectivity index is 2.10. The van der Waals surface area contributed by atoms with Crippen molar-refractivity contribution < 1.29 is 9.52 Å². The zero-order valence-corrected chi connectivity index (χ0v) is 10.5. The standard InChI is InChI=1S/C11H11ClN2O2S/c12-9-4-2-1-3-8(9)11-14-13-10(16-11)7-17-6-5-15/h1-4,15H,5-7H2. The summed E-state index contributed by atoms with van der Waals surface area (Å²) in [7, 11) is 0. The topological polar surface area (TPSA) is 59.2 Å². The third-order valence-electron chi connectivity index (χ3n) is 2.03. The molecule has 1 aromatic heterocycles. The van der Waals surface area contributed by atoms with E-state index < -0.39 is 0 Å². The molecule has 0 saturated heterocycles. The van der Waals surface area contributed by atoms with Gasteiger partial charge in [-0.3, -0.25) is 0 Å². The van der Waals surface area contributed by atoms with Crippen LogP contribution in [0.3, 0.4) is 0 Å². The minimum Gasteiger partial charge on any atom is -0.420 e. The van der Waals surface area contributed by atoms with Crippen molar-refractivity contribution in [3.63, 3.8) is 0 Å². The molecule has 0 aliphatic heterocycles. The zero-order valence-electron chi connectivity index (χ0n) is 8.97. The number of aromatic nitrogens is 2. The zero-order chi connectivity index (χ0) is 12.1. The average molecular weight is 271 g/mol. The summed E-state index contributed by atoms with van der Waals surface area (Å²) in [5.41, 5.74) is 0.736. The number of halogens is 1. The lowest BCUT2D eigenvalue weighted by Crippen LogP contribution is -1.87. The molecule has 0 aliphatic carbocycles. The Bertz CT molecular complexity index is 490. The van der Waals surface area contributed by atoms with Crippen LogP contribution in [0.15, 0.2) is 28.7 Å². The second kappa shape index (κ2) is 6.05. The first-order valence-electron chi connectivity index (χ1n) is 5.07. The Labute approximate surface area is 108 Å². The van der Waals surface area contributed by atoms with Crippen LogP contribution in [0.5, 0.6) is 0 Å². The molecular weight excluding hydrogens is 260 g/mol. The van der Waals surface area contributed by atoms with Crippen molar-refractivity contribution in [3.8, 4) is 11.5 Å². The van der Waals surface area contributed by atoms with Crippen molar-refractivity contribution in [2.45, 2.75) is 5.75 Å². The van der Waals surface area contributed by atoms with Crippen LogP contribution in [-0.4, -0.2) is 27.7 Å². The molecule has 2 aromatic rings. The Hall–Kier alpha value is -1.04. The van der Waals surface area contributed by atoms with E-state index in [1.807, 2.05) is 18.2 Å². The van der Waals surface area contributed by atoms with Gasteiger partial charge in [0.1, 0.15) is 0 Å². The van der Waals surface area contributed by atoms with Gasteiger partial charge < -0.3 is 9.52 Å². The number of nitrogens with zero attached hydrogens (tertiary/aromatic N) is 2. The molecule has 0 amide bonds. The maximum atomic E-state index is 8.66. The predicted molar refractivity (Wildman–Crippen MR) is 68.0 cm³/mol. The smallest absolute Gasteiger partial charge is 0.249 e. The van der Waals surface area contributed by atoms with Crippen LogP contribution < -0.4 is 0 Å². The summed E-state index contributed by atoms with van der Waals surface area (Å²) in [6.45, 7) is 0.149. The van der Waals surface area contributed by atoms with Crippen molar-refractivity contribution >= 4 is 23.4 Å². The summed E-state index contributed by atoms with van der Waals surface area (Å²) in [5, 5.41) is 17.1. The molecule has 0 spiro atoms. The van der Waals surface area contributed by atoms with E-state index in [9.17, 15) is 0 Å². The fourth-order valence-corrected chi connectivity index (χ4v) is 2.06. The number of aliphatic hydroxyl groups is 1. The van der Waals surface area contributed by atoms with E-state index in [0.29, 0.717) is 28.3 Å². The number of hydrogen-bond acceptors (Lipinski definition) is 5. The number of thioether (sulfide) groups is 1. The van der Waals surface area contributed by atoms with Gasteiger partial charge in [0.05, 0.1) is 22.9 Å². The SMILES string of the molecule is OCCSCc1nnc(-c2ccccc2Cl)o1. The van der Waals surface area contributed by atoms with Crippen molar-refractivity contribution in [2.24, 2.45) is 0 Å². The third-order valence-corrected chi connectivity index (χ3v) is 3.28. The monoisotopic (exact) mass is 270 g/mol. The first-order chi connectivity index (χ1) is 8.31.